The molecule has 2 aliphatic heterocycles. The molecule has 0 saturated carbocycles. The summed E-state index contributed by atoms with van der Waals surface area (Å²) >= 11 is 1.83. The van der Waals surface area contributed by atoms with Crippen molar-refractivity contribution in [3.05, 3.63) is 23.8 Å². The Hall–Kier alpha value is -2.09. The Kier molecular flexibility index (Phi) is 6.27. The van der Waals surface area contributed by atoms with E-state index in [0.717, 1.165) is 23.7 Å². The third kappa shape index (κ3) is 5.25. The lowest BCUT2D eigenvalue weighted by molar-refractivity contribution is -0.132. The highest BCUT2D eigenvalue weighted by molar-refractivity contribution is 7.99. The monoisotopic (exact) mass is 408 g/mol. The average molecular weight is 409 g/mol. The lowest BCUT2D eigenvalue weighted by Crippen LogP contribution is -2.48. The summed E-state index contributed by atoms with van der Waals surface area (Å²) in [5.74, 6) is 2.31. The summed E-state index contributed by atoms with van der Waals surface area (Å²) in [6, 6.07) is 5.42. The van der Waals surface area contributed by atoms with Crippen molar-refractivity contribution in [3.8, 4) is 11.5 Å². The van der Waals surface area contributed by atoms with Crippen molar-refractivity contribution >= 4 is 23.8 Å². The number of alkyl carbamates (subject to hydrolysis) is 1. The van der Waals surface area contributed by atoms with Gasteiger partial charge < -0.3 is 24.4 Å². The summed E-state index contributed by atoms with van der Waals surface area (Å²) in [7, 11) is 0. The van der Waals surface area contributed by atoms with E-state index in [1.54, 1.807) is 27.7 Å². The molecule has 7 nitrogen and oxygen atoms in total. The number of thioether (sulfide) groups is 1. The summed E-state index contributed by atoms with van der Waals surface area (Å²) in [5.41, 5.74) is 0.590. The number of fused-ring (bicyclic) bond motifs is 1. The Morgan fingerprint density at radius 2 is 2.00 bits per heavy atom. The highest BCUT2D eigenvalue weighted by Gasteiger charge is 2.28. The van der Waals surface area contributed by atoms with Crippen LogP contribution in [-0.2, 0) is 9.53 Å². The zero-order chi connectivity index (χ0) is 20.3. The summed E-state index contributed by atoms with van der Waals surface area (Å²) < 4.78 is 16.1. The van der Waals surface area contributed by atoms with Crippen LogP contribution in [0.3, 0.4) is 0 Å². The number of benzene rings is 1. The van der Waals surface area contributed by atoms with Crippen LogP contribution in [0, 0.1) is 0 Å². The van der Waals surface area contributed by atoms with E-state index in [2.05, 4.69) is 11.4 Å². The first-order valence-electron chi connectivity index (χ1n) is 9.52. The van der Waals surface area contributed by atoms with Gasteiger partial charge in [0.15, 0.2) is 11.5 Å². The van der Waals surface area contributed by atoms with Gasteiger partial charge in [0, 0.05) is 24.1 Å². The maximum absolute atomic E-state index is 12.8. The minimum atomic E-state index is -0.623. The quantitative estimate of drug-likeness (QED) is 0.827. The second kappa shape index (κ2) is 8.51. The van der Waals surface area contributed by atoms with Crippen molar-refractivity contribution in [2.75, 3.05) is 25.6 Å². The molecule has 3 rings (SSSR count). The molecule has 2 unspecified atom stereocenters. The molecule has 2 amide bonds. The molecule has 1 fully saturated rings. The zero-order valence-corrected chi connectivity index (χ0v) is 17.6. The van der Waals surface area contributed by atoms with Crippen LogP contribution < -0.4 is 14.8 Å². The topological polar surface area (TPSA) is 77.1 Å². The molecular weight excluding hydrogens is 380 g/mol. The van der Waals surface area contributed by atoms with Crippen LogP contribution in [0.5, 0.6) is 11.5 Å². The first-order valence-corrected chi connectivity index (χ1v) is 10.6. The highest BCUT2D eigenvalue weighted by Crippen LogP contribution is 2.40. The van der Waals surface area contributed by atoms with Crippen LogP contribution in [0.1, 0.15) is 44.9 Å². The minimum Gasteiger partial charge on any atom is -0.454 e. The molecular formula is C20H28N2O5S. The molecule has 1 saturated heterocycles. The first-order chi connectivity index (χ1) is 13.2. The number of hydrogen-bond acceptors (Lipinski definition) is 6. The predicted molar refractivity (Wildman–Crippen MR) is 108 cm³/mol. The number of amides is 2. The number of nitrogens with zero attached hydrogens (tertiary/aromatic N) is 1. The van der Waals surface area contributed by atoms with Crippen LogP contribution in [0.25, 0.3) is 0 Å². The van der Waals surface area contributed by atoms with Crippen LogP contribution >= 0.6 is 11.8 Å². The molecule has 0 aliphatic carbocycles. The number of carbonyl (C=O) groups excluding carboxylic acids is 2. The van der Waals surface area contributed by atoms with E-state index in [1.165, 1.54) is 5.56 Å². The Balaban J connectivity index is 1.55. The van der Waals surface area contributed by atoms with Gasteiger partial charge in [-0.05, 0) is 51.8 Å². The number of rotatable bonds is 3. The van der Waals surface area contributed by atoms with Crippen molar-refractivity contribution in [2.24, 2.45) is 0 Å². The second-order valence-electron chi connectivity index (χ2n) is 7.95. The fourth-order valence-corrected chi connectivity index (χ4v) is 4.41. The molecule has 0 spiro atoms. The molecule has 8 heteroatoms. The van der Waals surface area contributed by atoms with Gasteiger partial charge in [-0.2, -0.15) is 11.8 Å². The van der Waals surface area contributed by atoms with Crippen LogP contribution in [0.15, 0.2) is 18.2 Å². The standard InChI is InChI=1S/C20H28N2O5S/c1-13(21-19(24)27-20(2,3)4)18(23)22-8-7-17(28-10-9-22)14-5-6-15-16(11-14)26-12-25-15/h5-6,11,13,17H,7-10,12H2,1-4H3,(H,21,24). The molecule has 2 atom stereocenters. The van der Waals surface area contributed by atoms with Crippen LogP contribution in [0.4, 0.5) is 4.79 Å². The van der Waals surface area contributed by atoms with Gasteiger partial charge in [0.1, 0.15) is 11.6 Å². The normalized spacial score (nSPS) is 20.3. The molecule has 154 valence electrons. The number of hydrogen-bond donors (Lipinski definition) is 1. The summed E-state index contributed by atoms with van der Waals surface area (Å²) in [6.45, 7) is 8.64. The summed E-state index contributed by atoms with van der Waals surface area (Å²) in [4.78, 5) is 26.5. The van der Waals surface area contributed by atoms with Crippen LogP contribution in [-0.4, -0.2) is 54.2 Å². The van der Waals surface area contributed by atoms with Crippen molar-refractivity contribution in [1.29, 1.82) is 0 Å². The van der Waals surface area contributed by atoms with E-state index in [4.69, 9.17) is 14.2 Å². The molecule has 28 heavy (non-hydrogen) atoms. The molecule has 1 aromatic rings. The van der Waals surface area contributed by atoms with Gasteiger partial charge in [0.25, 0.3) is 0 Å². The molecule has 1 N–H and O–H groups in total. The van der Waals surface area contributed by atoms with Gasteiger partial charge in [-0.3, -0.25) is 4.79 Å². The van der Waals surface area contributed by atoms with Gasteiger partial charge in [-0.25, -0.2) is 4.79 Å². The third-order valence-electron chi connectivity index (χ3n) is 4.53. The third-order valence-corrected chi connectivity index (χ3v) is 5.85. The maximum Gasteiger partial charge on any atom is 0.408 e. The number of nitrogens with one attached hydrogen (secondary N) is 1. The largest absolute Gasteiger partial charge is 0.454 e. The van der Waals surface area contributed by atoms with E-state index in [9.17, 15) is 9.59 Å². The molecule has 0 radical (unpaired) electrons. The first kappa shape index (κ1) is 20.6. The van der Waals surface area contributed by atoms with E-state index < -0.39 is 17.7 Å². The van der Waals surface area contributed by atoms with Crippen molar-refractivity contribution in [3.63, 3.8) is 0 Å². The van der Waals surface area contributed by atoms with Crippen molar-refractivity contribution in [2.45, 2.75) is 51.0 Å². The molecule has 2 heterocycles. The Labute approximate surface area is 170 Å². The Morgan fingerprint density at radius 3 is 2.75 bits per heavy atom. The average Bonchev–Trinajstić information content (AvgIpc) is 2.94. The van der Waals surface area contributed by atoms with Gasteiger partial charge >= 0.3 is 6.09 Å². The van der Waals surface area contributed by atoms with Gasteiger partial charge in [-0.1, -0.05) is 6.07 Å². The van der Waals surface area contributed by atoms with E-state index >= 15 is 0 Å². The number of ether oxygens (including phenoxy) is 3. The number of carbonyl (C=O) groups is 2. The molecule has 1 aromatic carbocycles. The fourth-order valence-electron chi connectivity index (χ4n) is 3.19. The fraction of sp³-hybridized carbons (Fsp3) is 0.600. The van der Waals surface area contributed by atoms with Crippen LogP contribution in [0.2, 0.25) is 0 Å². The molecule has 2 aliphatic rings. The highest BCUT2D eigenvalue weighted by atomic mass is 32.2. The maximum atomic E-state index is 12.8. The van der Waals surface area contributed by atoms with Gasteiger partial charge in [0.2, 0.25) is 12.7 Å². The SMILES string of the molecule is CC(NC(=O)OC(C)(C)C)C(=O)N1CCSC(c2ccc3c(c2)OCO3)CC1. The van der Waals surface area contributed by atoms with E-state index in [0.29, 0.717) is 18.3 Å². The van der Waals surface area contributed by atoms with Gasteiger partial charge in [0.05, 0.1) is 0 Å². The lowest BCUT2D eigenvalue weighted by Gasteiger charge is -2.26. The summed E-state index contributed by atoms with van der Waals surface area (Å²) in [5, 5.41) is 2.93. The smallest absolute Gasteiger partial charge is 0.408 e. The lowest BCUT2D eigenvalue weighted by atomic mass is 10.1. The minimum absolute atomic E-state index is 0.0854. The van der Waals surface area contributed by atoms with Gasteiger partial charge in [-0.15, -0.1) is 0 Å². The van der Waals surface area contributed by atoms with Crippen molar-refractivity contribution in [1.82, 2.24) is 10.2 Å². The predicted octanol–water partition coefficient (Wildman–Crippen LogP) is 3.34. The zero-order valence-electron chi connectivity index (χ0n) is 16.8. The molecule has 0 aromatic heterocycles. The molecule has 0 bridgehead atoms. The van der Waals surface area contributed by atoms with E-state index in [1.807, 2.05) is 28.8 Å². The van der Waals surface area contributed by atoms with E-state index in [-0.39, 0.29) is 12.7 Å². The second-order valence-corrected chi connectivity index (χ2v) is 9.26. The van der Waals surface area contributed by atoms with Crippen molar-refractivity contribution < 1.29 is 23.8 Å². The summed E-state index contributed by atoms with van der Waals surface area (Å²) in [6.07, 6.45) is 0.269. The Morgan fingerprint density at radius 1 is 1.25 bits per heavy atom. The Bertz CT molecular complexity index is 734.